The van der Waals surface area contributed by atoms with Crippen LogP contribution in [0.3, 0.4) is 0 Å². The number of rotatable bonds is 7. The summed E-state index contributed by atoms with van der Waals surface area (Å²) >= 11 is 1.48. The van der Waals surface area contributed by atoms with Gasteiger partial charge in [-0.25, -0.2) is 4.98 Å². The third-order valence-corrected chi connectivity index (χ3v) is 5.33. The summed E-state index contributed by atoms with van der Waals surface area (Å²) < 4.78 is 0. The second-order valence-electron chi connectivity index (χ2n) is 5.85. The molecule has 1 heterocycles. The second-order valence-corrected chi connectivity index (χ2v) is 6.89. The van der Waals surface area contributed by atoms with Gasteiger partial charge < -0.3 is 10.0 Å². The van der Waals surface area contributed by atoms with Crippen LogP contribution in [0, 0.1) is 5.92 Å². The number of para-hydroxylation sites is 1. The molecular weight excluding hydrogens is 296 g/mol. The topological polar surface area (TPSA) is 53.4 Å². The third-order valence-electron chi connectivity index (χ3n) is 4.14. The van der Waals surface area contributed by atoms with Gasteiger partial charge in [0.15, 0.2) is 5.13 Å². The first-order chi connectivity index (χ1) is 10.6. The number of benzene rings is 1. The van der Waals surface area contributed by atoms with Crippen molar-refractivity contribution in [2.75, 3.05) is 11.9 Å². The number of nitrogens with zero attached hydrogens (tertiary/aromatic N) is 2. The highest BCUT2D eigenvalue weighted by molar-refractivity contribution is 7.15. The molecule has 0 bridgehead atoms. The molecule has 1 aliphatic carbocycles. The Bertz CT molecular complexity index is 637. The van der Waals surface area contributed by atoms with Crippen molar-refractivity contribution in [3.8, 4) is 0 Å². The van der Waals surface area contributed by atoms with Crippen LogP contribution >= 0.6 is 11.3 Å². The Labute approximate surface area is 134 Å². The molecule has 22 heavy (non-hydrogen) atoms. The maximum Gasteiger partial charge on any atom is 0.311 e. The number of hydrogen-bond acceptors (Lipinski definition) is 4. The van der Waals surface area contributed by atoms with Gasteiger partial charge in [0.05, 0.1) is 5.92 Å². The van der Waals surface area contributed by atoms with E-state index < -0.39 is 11.9 Å². The van der Waals surface area contributed by atoms with Crippen LogP contribution in [-0.4, -0.2) is 23.1 Å². The number of carboxylic acids is 1. The van der Waals surface area contributed by atoms with Gasteiger partial charge >= 0.3 is 5.97 Å². The third kappa shape index (κ3) is 3.47. The molecule has 2 aromatic rings. The summed E-state index contributed by atoms with van der Waals surface area (Å²) in [6, 6.07) is 9.97. The summed E-state index contributed by atoms with van der Waals surface area (Å²) in [6.07, 6.45) is 5.98. The molecule has 5 heteroatoms. The zero-order valence-electron chi connectivity index (χ0n) is 12.6. The van der Waals surface area contributed by atoms with E-state index in [2.05, 4.69) is 4.98 Å². The summed E-state index contributed by atoms with van der Waals surface area (Å²) in [5.74, 6) is -0.407. The monoisotopic (exact) mass is 316 g/mol. The molecule has 116 valence electrons. The molecule has 0 aliphatic heterocycles. The van der Waals surface area contributed by atoms with Crippen LogP contribution in [0.4, 0.5) is 10.8 Å². The molecule has 1 aromatic heterocycles. The zero-order valence-corrected chi connectivity index (χ0v) is 13.4. The number of hydrogen-bond donors (Lipinski definition) is 1. The molecule has 0 amide bonds. The van der Waals surface area contributed by atoms with Gasteiger partial charge in [0.25, 0.3) is 0 Å². The molecule has 1 atom stereocenters. The summed E-state index contributed by atoms with van der Waals surface area (Å²) in [4.78, 5) is 18.8. The number of carbonyl (C=O) groups is 1. The highest BCUT2D eigenvalue weighted by Gasteiger charge is 2.28. The molecule has 1 unspecified atom stereocenters. The van der Waals surface area contributed by atoms with Crippen molar-refractivity contribution in [3.05, 3.63) is 41.4 Å². The van der Waals surface area contributed by atoms with Crippen LogP contribution in [0.15, 0.2) is 36.5 Å². The lowest BCUT2D eigenvalue weighted by atomic mass is 10.0. The van der Waals surface area contributed by atoms with Crippen LogP contribution in [0.5, 0.6) is 0 Å². The minimum atomic E-state index is -0.738. The molecule has 1 saturated carbocycles. The fourth-order valence-corrected chi connectivity index (χ4v) is 3.58. The normalized spacial score (nSPS) is 15.5. The molecule has 1 N–H and O–H groups in total. The molecule has 0 spiro atoms. The van der Waals surface area contributed by atoms with Crippen LogP contribution in [0.2, 0.25) is 0 Å². The average molecular weight is 316 g/mol. The van der Waals surface area contributed by atoms with Gasteiger partial charge in [-0.05, 0) is 30.9 Å². The van der Waals surface area contributed by atoms with Crippen molar-refractivity contribution in [3.63, 3.8) is 0 Å². The van der Waals surface area contributed by atoms with E-state index in [1.54, 1.807) is 6.20 Å². The van der Waals surface area contributed by atoms with Crippen molar-refractivity contribution in [2.45, 2.75) is 31.6 Å². The Morgan fingerprint density at radius 2 is 2.14 bits per heavy atom. The number of aliphatic carboxylic acids is 1. The predicted octanol–water partition coefficient (Wildman–Crippen LogP) is 4.27. The van der Waals surface area contributed by atoms with Crippen molar-refractivity contribution in [2.24, 2.45) is 5.92 Å². The maximum atomic E-state index is 11.5. The first-order valence-corrected chi connectivity index (χ1v) is 8.44. The first kappa shape index (κ1) is 15.0. The smallest absolute Gasteiger partial charge is 0.311 e. The molecular formula is C17H20N2O2S. The standard InChI is InChI=1S/C17H20N2O2S/c1-19(13-5-3-2-4-6-13)17-18-11-15(22-17)14(16(20)21)10-9-12-7-8-12/h2-6,11-12,14H,7-10H2,1H3,(H,20,21). The largest absolute Gasteiger partial charge is 0.481 e. The molecule has 1 aliphatic rings. The van der Waals surface area contributed by atoms with Crippen LogP contribution in [-0.2, 0) is 4.79 Å². The fourth-order valence-electron chi connectivity index (χ4n) is 2.55. The molecule has 4 nitrogen and oxygen atoms in total. The van der Waals surface area contributed by atoms with E-state index in [9.17, 15) is 9.90 Å². The van der Waals surface area contributed by atoms with E-state index in [1.165, 1.54) is 24.2 Å². The minimum Gasteiger partial charge on any atom is -0.481 e. The van der Waals surface area contributed by atoms with Gasteiger partial charge in [-0.15, -0.1) is 11.3 Å². The highest BCUT2D eigenvalue weighted by atomic mass is 32.1. The van der Waals surface area contributed by atoms with Gasteiger partial charge in [-0.1, -0.05) is 31.0 Å². The van der Waals surface area contributed by atoms with Gasteiger partial charge in [0, 0.05) is 23.8 Å². The Morgan fingerprint density at radius 1 is 1.41 bits per heavy atom. The van der Waals surface area contributed by atoms with Crippen LogP contribution in [0.25, 0.3) is 0 Å². The molecule has 0 saturated heterocycles. The summed E-state index contributed by atoms with van der Waals surface area (Å²) in [6.45, 7) is 0. The van der Waals surface area contributed by atoms with E-state index in [0.717, 1.165) is 34.5 Å². The molecule has 3 rings (SSSR count). The second kappa shape index (κ2) is 6.48. The SMILES string of the molecule is CN(c1ccccc1)c1ncc(C(CCC2CC2)C(=O)O)s1. The zero-order chi connectivity index (χ0) is 15.5. The van der Waals surface area contributed by atoms with Crippen LogP contribution < -0.4 is 4.90 Å². The Morgan fingerprint density at radius 3 is 2.77 bits per heavy atom. The number of aromatic nitrogens is 1. The minimum absolute atomic E-state index is 0.420. The quantitative estimate of drug-likeness (QED) is 0.829. The number of carboxylic acid groups (broad SMARTS) is 1. The van der Waals surface area contributed by atoms with Crippen molar-refractivity contribution >= 4 is 28.1 Å². The van der Waals surface area contributed by atoms with E-state index in [0.29, 0.717) is 0 Å². The number of anilines is 2. The van der Waals surface area contributed by atoms with Gasteiger partial charge in [0.2, 0.25) is 0 Å². The summed E-state index contributed by atoms with van der Waals surface area (Å²) in [5.41, 5.74) is 1.05. The van der Waals surface area contributed by atoms with E-state index in [1.807, 2.05) is 42.3 Å². The highest BCUT2D eigenvalue weighted by Crippen LogP contribution is 2.39. The van der Waals surface area contributed by atoms with Gasteiger partial charge in [-0.2, -0.15) is 0 Å². The van der Waals surface area contributed by atoms with Crippen molar-refractivity contribution < 1.29 is 9.90 Å². The van der Waals surface area contributed by atoms with E-state index in [-0.39, 0.29) is 0 Å². The lowest BCUT2D eigenvalue weighted by Crippen LogP contribution is -2.10. The Kier molecular flexibility index (Phi) is 4.43. The molecule has 1 aromatic carbocycles. The molecule has 0 radical (unpaired) electrons. The lowest BCUT2D eigenvalue weighted by molar-refractivity contribution is -0.138. The Hall–Kier alpha value is -1.88. The number of thiazole rings is 1. The van der Waals surface area contributed by atoms with Crippen LogP contribution in [0.1, 0.15) is 36.5 Å². The summed E-state index contributed by atoms with van der Waals surface area (Å²) in [7, 11) is 1.96. The average Bonchev–Trinajstić information content (AvgIpc) is 3.23. The van der Waals surface area contributed by atoms with Crippen molar-refractivity contribution in [1.29, 1.82) is 0 Å². The first-order valence-electron chi connectivity index (χ1n) is 7.62. The maximum absolute atomic E-state index is 11.5. The van der Waals surface area contributed by atoms with Gasteiger partial charge in [-0.3, -0.25) is 4.79 Å². The van der Waals surface area contributed by atoms with E-state index >= 15 is 0 Å². The fraction of sp³-hybridized carbons (Fsp3) is 0.412. The lowest BCUT2D eigenvalue weighted by Gasteiger charge is -2.15. The van der Waals surface area contributed by atoms with E-state index in [4.69, 9.17) is 0 Å². The van der Waals surface area contributed by atoms with Crippen molar-refractivity contribution in [1.82, 2.24) is 4.98 Å². The Balaban J connectivity index is 1.74. The van der Waals surface area contributed by atoms with Gasteiger partial charge in [0.1, 0.15) is 0 Å². The summed E-state index contributed by atoms with van der Waals surface area (Å²) in [5, 5.41) is 10.3. The predicted molar refractivity (Wildman–Crippen MR) is 89.0 cm³/mol. The molecule has 1 fully saturated rings.